The van der Waals surface area contributed by atoms with Crippen molar-refractivity contribution in [2.75, 3.05) is 5.88 Å². The third-order valence-electron chi connectivity index (χ3n) is 1.82. The van der Waals surface area contributed by atoms with Crippen LogP contribution in [0.5, 0.6) is 5.75 Å². The number of hydrogen-bond donors (Lipinski definition) is 0. The van der Waals surface area contributed by atoms with Crippen molar-refractivity contribution in [3.8, 4) is 5.75 Å². The van der Waals surface area contributed by atoms with Crippen molar-refractivity contribution < 1.29 is 13.5 Å². The van der Waals surface area contributed by atoms with E-state index in [1.54, 1.807) is 6.07 Å². The molecular formula is C10H10Cl2F2O. The normalized spacial score (nSPS) is 10.7. The van der Waals surface area contributed by atoms with Crippen LogP contribution in [0.25, 0.3) is 0 Å². The average molecular weight is 255 g/mol. The summed E-state index contributed by atoms with van der Waals surface area (Å²) in [5.41, 5.74) is 0.656. The molecule has 0 amide bonds. The van der Waals surface area contributed by atoms with Gasteiger partial charge in [-0.05, 0) is 36.6 Å². The molecule has 0 aliphatic heterocycles. The molecule has 0 atom stereocenters. The smallest absolute Gasteiger partial charge is 0.387 e. The van der Waals surface area contributed by atoms with Crippen molar-refractivity contribution in [1.82, 2.24) is 0 Å². The highest BCUT2D eigenvalue weighted by atomic mass is 35.5. The molecule has 0 N–H and O–H groups in total. The molecule has 0 saturated carbocycles. The van der Waals surface area contributed by atoms with Gasteiger partial charge in [-0.1, -0.05) is 11.6 Å². The molecule has 0 unspecified atom stereocenters. The van der Waals surface area contributed by atoms with Crippen molar-refractivity contribution in [2.45, 2.75) is 19.5 Å². The highest BCUT2D eigenvalue weighted by Gasteiger charge is 2.09. The molecule has 84 valence electrons. The Kier molecular flexibility index (Phi) is 5.12. The van der Waals surface area contributed by atoms with Crippen molar-refractivity contribution >= 4 is 23.2 Å². The fourth-order valence-electron chi connectivity index (χ4n) is 1.21. The maximum Gasteiger partial charge on any atom is 0.387 e. The second-order valence-corrected chi connectivity index (χ2v) is 3.74. The fraction of sp³-hybridized carbons (Fsp3) is 0.400. The Labute approximate surface area is 96.9 Å². The Morgan fingerprint density at radius 1 is 1.33 bits per heavy atom. The van der Waals surface area contributed by atoms with E-state index in [0.29, 0.717) is 29.3 Å². The topological polar surface area (TPSA) is 9.23 Å². The van der Waals surface area contributed by atoms with Crippen LogP contribution in [-0.4, -0.2) is 12.5 Å². The fourth-order valence-corrected chi connectivity index (χ4v) is 1.54. The quantitative estimate of drug-likeness (QED) is 0.719. The Morgan fingerprint density at radius 2 is 2.07 bits per heavy atom. The molecule has 1 aromatic carbocycles. The van der Waals surface area contributed by atoms with Gasteiger partial charge in [-0.15, -0.1) is 11.6 Å². The molecule has 0 spiro atoms. The van der Waals surface area contributed by atoms with E-state index in [9.17, 15) is 8.78 Å². The molecular weight excluding hydrogens is 245 g/mol. The van der Waals surface area contributed by atoms with Crippen LogP contribution in [0.4, 0.5) is 8.78 Å². The van der Waals surface area contributed by atoms with Gasteiger partial charge in [-0.2, -0.15) is 8.78 Å². The van der Waals surface area contributed by atoms with Crippen molar-refractivity contribution in [3.63, 3.8) is 0 Å². The average Bonchev–Trinajstić information content (AvgIpc) is 2.18. The van der Waals surface area contributed by atoms with Gasteiger partial charge < -0.3 is 4.74 Å². The maximum atomic E-state index is 12.0. The summed E-state index contributed by atoms with van der Waals surface area (Å²) in [6, 6.07) is 4.58. The first-order valence-electron chi connectivity index (χ1n) is 4.42. The Hall–Kier alpha value is -0.540. The highest BCUT2D eigenvalue weighted by Crippen LogP contribution is 2.25. The predicted molar refractivity (Wildman–Crippen MR) is 57.1 cm³/mol. The van der Waals surface area contributed by atoms with Gasteiger partial charge in [0.2, 0.25) is 0 Å². The second-order valence-electron chi connectivity index (χ2n) is 2.92. The first-order chi connectivity index (χ1) is 7.13. The van der Waals surface area contributed by atoms with E-state index < -0.39 is 6.61 Å². The van der Waals surface area contributed by atoms with Crippen LogP contribution >= 0.6 is 23.2 Å². The first kappa shape index (κ1) is 12.5. The van der Waals surface area contributed by atoms with E-state index in [0.717, 1.165) is 0 Å². The molecule has 1 aromatic rings. The van der Waals surface area contributed by atoms with Gasteiger partial charge in [-0.25, -0.2) is 0 Å². The minimum absolute atomic E-state index is 0.166. The summed E-state index contributed by atoms with van der Waals surface area (Å²) in [6.07, 6.45) is 1.27. The van der Waals surface area contributed by atoms with Gasteiger partial charge in [0.1, 0.15) is 5.75 Å². The molecule has 0 bridgehead atoms. The van der Waals surface area contributed by atoms with E-state index in [1.807, 2.05) is 0 Å². The van der Waals surface area contributed by atoms with Crippen LogP contribution in [0.3, 0.4) is 0 Å². The zero-order valence-corrected chi connectivity index (χ0v) is 9.36. The number of aryl methyl sites for hydroxylation is 1. The first-order valence-corrected chi connectivity index (χ1v) is 5.34. The Balaban J connectivity index is 2.82. The van der Waals surface area contributed by atoms with Gasteiger partial charge in [0.15, 0.2) is 0 Å². The maximum absolute atomic E-state index is 12.0. The summed E-state index contributed by atoms with van der Waals surface area (Å²) in [5.74, 6) is 0.639. The zero-order valence-electron chi connectivity index (χ0n) is 7.85. The number of ether oxygens (including phenoxy) is 1. The molecule has 0 fully saturated rings. The van der Waals surface area contributed by atoms with Gasteiger partial charge in [0, 0.05) is 10.9 Å². The zero-order chi connectivity index (χ0) is 11.3. The number of halogens is 4. The summed E-state index contributed by atoms with van der Waals surface area (Å²) in [5, 5.41) is 0.501. The van der Waals surface area contributed by atoms with E-state index in [1.165, 1.54) is 12.1 Å². The summed E-state index contributed by atoms with van der Waals surface area (Å²) < 4.78 is 28.4. The van der Waals surface area contributed by atoms with Crippen molar-refractivity contribution in [1.29, 1.82) is 0 Å². The molecule has 0 saturated heterocycles. The van der Waals surface area contributed by atoms with Gasteiger partial charge in [0.05, 0.1) is 0 Å². The van der Waals surface area contributed by atoms with Gasteiger partial charge in [0.25, 0.3) is 0 Å². The number of alkyl halides is 3. The third-order valence-corrected chi connectivity index (χ3v) is 2.32. The van der Waals surface area contributed by atoms with Crippen LogP contribution in [-0.2, 0) is 6.42 Å². The number of hydrogen-bond acceptors (Lipinski definition) is 1. The molecule has 1 rings (SSSR count). The largest absolute Gasteiger partial charge is 0.435 e. The lowest BCUT2D eigenvalue weighted by Crippen LogP contribution is -2.04. The van der Waals surface area contributed by atoms with Gasteiger partial charge >= 0.3 is 6.61 Å². The minimum Gasteiger partial charge on any atom is -0.435 e. The van der Waals surface area contributed by atoms with Crippen LogP contribution in [0, 0.1) is 0 Å². The van der Waals surface area contributed by atoms with E-state index in [2.05, 4.69) is 4.74 Å². The SMILES string of the molecule is FC(F)Oc1ccc(Cl)cc1CCCCl. The third kappa shape index (κ3) is 4.22. The number of rotatable bonds is 5. The minimum atomic E-state index is -2.82. The molecule has 15 heavy (non-hydrogen) atoms. The van der Waals surface area contributed by atoms with E-state index in [-0.39, 0.29) is 5.75 Å². The number of benzene rings is 1. The van der Waals surface area contributed by atoms with Gasteiger partial charge in [-0.3, -0.25) is 0 Å². The Bertz CT molecular complexity index is 318. The molecule has 0 heterocycles. The summed E-state index contributed by atoms with van der Waals surface area (Å²) in [4.78, 5) is 0. The molecule has 0 radical (unpaired) electrons. The van der Waals surface area contributed by atoms with Crippen LogP contribution in [0.1, 0.15) is 12.0 Å². The lowest BCUT2D eigenvalue weighted by molar-refractivity contribution is -0.0504. The molecule has 1 nitrogen and oxygen atoms in total. The van der Waals surface area contributed by atoms with Crippen molar-refractivity contribution in [2.24, 2.45) is 0 Å². The lowest BCUT2D eigenvalue weighted by Gasteiger charge is -2.10. The van der Waals surface area contributed by atoms with Crippen LogP contribution < -0.4 is 4.74 Å². The summed E-state index contributed by atoms with van der Waals surface area (Å²) >= 11 is 11.3. The van der Waals surface area contributed by atoms with Crippen LogP contribution in [0.15, 0.2) is 18.2 Å². The summed E-state index contributed by atoms with van der Waals surface area (Å²) in [6.45, 7) is -2.82. The highest BCUT2D eigenvalue weighted by molar-refractivity contribution is 6.30. The standard InChI is InChI=1S/C10H10Cl2F2O/c11-5-1-2-7-6-8(12)3-4-9(7)15-10(13)14/h3-4,6,10H,1-2,5H2. The van der Waals surface area contributed by atoms with E-state index >= 15 is 0 Å². The van der Waals surface area contributed by atoms with Crippen molar-refractivity contribution in [3.05, 3.63) is 28.8 Å². The molecule has 5 heteroatoms. The van der Waals surface area contributed by atoms with E-state index in [4.69, 9.17) is 23.2 Å². The van der Waals surface area contributed by atoms with Crippen LogP contribution in [0.2, 0.25) is 5.02 Å². The Morgan fingerprint density at radius 3 is 2.67 bits per heavy atom. The lowest BCUT2D eigenvalue weighted by atomic mass is 10.1. The molecule has 0 aromatic heterocycles. The predicted octanol–water partition coefficient (Wildman–Crippen LogP) is 4.11. The monoisotopic (exact) mass is 254 g/mol. The molecule has 0 aliphatic carbocycles. The second kappa shape index (κ2) is 6.13. The molecule has 0 aliphatic rings. The summed E-state index contributed by atoms with van der Waals surface area (Å²) in [7, 11) is 0.